The van der Waals surface area contributed by atoms with Crippen molar-refractivity contribution in [2.24, 2.45) is 5.92 Å². The number of benzene rings is 2. The Labute approximate surface area is 197 Å². The molecule has 0 aromatic heterocycles. The number of hydrogen-bond donors (Lipinski definition) is 0. The molecular weight excluding hydrogens is 447 g/mol. The third kappa shape index (κ3) is 6.72. The molecule has 9 heteroatoms. The fourth-order valence-corrected chi connectivity index (χ4v) is 4.05. The molecule has 0 aliphatic carbocycles. The fraction of sp³-hybridized carbons (Fsp3) is 0.440. The number of nitrogens with zero attached hydrogens (tertiary/aromatic N) is 3. The molecule has 3 rings (SSSR count). The molecular formula is C25H30F3N3O3. The van der Waals surface area contributed by atoms with Crippen molar-refractivity contribution in [1.29, 1.82) is 0 Å². The van der Waals surface area contributed by atoms with Gasteiger partial charge in [-0.1, -0.05) is 30.3 Å². The molecule has 1 heterocycles. The Kier molecular flexibility index (Phi) is 8.92. The highest BCUT2D eigenvalue weighted by Gasteiger charge is 2.33. The van der Waals surface area contributed by atoms with E-state index >= 15 is 0 Å². The molecule has 1 atom stereocenters. The normalized spacial score (nSPS) is 16.1. The number of piperidine rings is 1. The highest BCUT2D eigenvalue weighted by Crippen LogP contribution is 2.26. The number of likely N-dealkylation sites (N-methyl/N-ethyl adjacent to an activating group) is 1. The predicted molar refractivity (Wildman–Crippen MR) is 122 cm³/mol. The Hall–Kier alpha value is -3.07. The number of alkyl halides is 2. The van der Waals surface area contributed by atoms with Gasteiger partial charge in [0.2, 0.25) is 5.91 Å². The van der Waals surface area contributed by atoms with Crippen molar-refractivity contribution < 1.29 is 27.5 Å². The Morgan fingerprint density at radius 1 is 1.09 bits per heavy atom. The molecule has 0 spiro atoms. The van der Waals surface area contributed by atoms with Crippen molar-refractivity contribution in [3.05, 3.63) is 65.5 Å². The Morgan fingerprint density at radius 2 is 1.79 bits per heavy atom. The quantitative estimate of drug-likeness (QED) is 0.550. The SMILES string of the molecule is CN(C)CCN(Cc1ccccc1F)C(=O)C1CCCN(C(=O)c2ccccc2OC(F)F)C1. The summed E-state index contributed by atoms with van der Waals surface area (Å²) in [6, 6.07) is 12.2. The number of hydrogen-bond acceptors (Lipinski definition) is 4. The molecule has 6 nitrogen and oxygen atoms in total. The predicted octanol–water partition coefficient (Wildman–Crippen LogP) is 3.87. The lowest BCUT2D eigenvalue weighted by Gasteiger charge is -2.35. The molecule has 0 radical (unpaired) electrons. The number of halogens is 3. The van der Waals surface area contributed by atoms with Gasteiger partial charge in [0.05, 0.1) is 11.5 Å². The number of likely N-dealkylation sites (tertiary alicyclic amines) is 1. The highest BCUT2D eigenvalue weighted by molar-refractivity contribution is 5.97. The summed E-state index contributed by atoms with van der Waals surface area (Å²) in [6.45, 7) is -1.32. The maximum Gasteiger partial charge on any atom is 0.387 e. The van der Waals surface area contributed by atoms with Crippen LogP contribution in [0, 0.1) is 11.7 Å². The van der Waals surface area contributed by atoms with Crippen LogP contribution in [0.2, 0.25) is 0 Å². The maximum atomic E-state index is 14.3. The van der Waals surface area contributed by atoms with Crippen LogP contribution in [0.15, 0.2) is 48.5 Å². The van der Waals surface area contributed by atoms with Gasteiger partial charge in [-0.05, 0) is 45.1 Å². The first kappa shape index (κ1) is 25.6. The van der Waals surface area contributed by atoms with E-state index in [2.05, 4.69) is 4.74 Å². The first-order valence-electron chi connectivity index (χ1n) is 11.3. The minimum absolute atomic E-state index is 0.0340. The van der Waals surface area contributed by atoms with Crippen molar-refractivity contribution in [2.75, 3.05) is 40.3 Å². The van der Waals surface area contributed by atoms with E-state index in [1.54, 1.807) is 29.2 Å². The standard InChI is InChI=1S/C25H30F3N3O3/c1-29(2)14-15-31(16-18-8-3-5-11-21(18)26)23(32)19-9-7-13-30(17-19)24(33)20-10-4-6-12-22(20)34-25(27)28/h3-6,8,10-12,19,25H,7,9,13-17H2,1-2H3. The van der Waals surface area contributed by atoms with Gasteiger partial charge in [0.15, 0.2) is 0 Å². The van der Waals surface area contributed by atoms with Crippen LogP contribution in [-0.2, 0) is 11.3 Å². The third-order valence-corrected chi connectivity index (χ3v) is 5.84. The van der Waals surface area contributed by atoms with E-state index in [0.717, 1.165) is 0 Å². The van der Waals surface area contributed by atoms with Crippen LogP contribution in [0.3, 0.4) is 0 Å². The number of para-hydroxylation sites is 1. The Morgan fingerprint density at radius 3 is 2.50 bits per heavy atom. The van der Waals surface area contributed by atoms with Crippen LogP contribution in [0.5, 0.6) is 5.75 Å². The van der Waals surface area contributed by atoms with Gasteiger partial charge in [0, 0.05) is 38.3 Å². The van der Waals surface area contributed by atoms with Crippen molar-refractivity contribution in [2.45, 2.75) is 26.0 Å². The topological polar surface area (TPSA) is 53.1 Å². The first-order valence-corrected chi connectivity index (χ1v) is 11.3. The number of ether oxygens (including phenoxy) is 1. The van der Waals surface area contributed by atoms with E-state index in [4.69, 9.17) is 0 Å². The van der Waals surface area contributed by atoms with Gasteiger partial charge >= 0.3 is 6.61 Å². The summed E-state index contributed by atoms with van der Waals surface area (Å²) in [4.78, 5) is 31.7. The van der Waals surface area contributed by atoms with Gasteiger partial charge in [-0.25, -0.2) is 4.39 Å². The number of amides is 2. The lowest BCUT2D eigenvalue weighted by atomic mass is 9.95. The van der Waals surface area contributed by atoms with Crippen LogP contribution < -0.4 is 4.74 Å². The fourth-order valence-electron chi connectivity index (χ4n) is 4.05. The van der Waals surface area contributed by atoms with Gasteiger partial charge in [0.25, 0.3) is 5.91 Å². The Bertz CT molecular complexity index is 987. The maximum absolute atomic E-state index is 14.3. The summed E-state index contributed by atoms with van der Waals surface area (Å²) >= 11 is 0. The van der Waals surface area contributed by atoms with E-state index in [0.29, 0.717) is 38.0 Å². The zero-order valence-electron chi connectivity index (χ0n) is 19.4. The molecule has 1 fully saturated rings. The van der Waals surface area contributed by atoms with Crippen LogP contribution >= 0.6 is 0 Å². The van der Waals surface area contributed by atoms with Gasteiger partial charge < -0.3 is 19.4 Å². The highest BCUT2D eigenvalue weighted by atomic mass is 19.3. The number of rotatable bonds is 9. The molecule has 1 saturated heterocycles. The summed E-state index contributed by atoms with van der Waals surface area (Å²) < 4.78 is 44.3. The van der Waals surface area contributed by atoms with Gasteiger partial charge in [0.1, 0.15) is 11.6 Å². The minimum Gasteiger partial charge on any atom is -0.434 e. The van der Waals surface area contributed by atoms with Gasteiger partial charge in [-0.15, -0.1) is 0 Å². The average Bonchev–Trinajstić information content (AvgIpc) is 2.82. The second kappa shape index (κ2) is 11.9. The van der Waals surface area contributed by atoms with Crippen LogP contribution in [0.25, 0.3) is 0 Å². The molecule has 0 saturated carbocycles. The number of carbonyl (C=O) groups is 2. The van der Waals surface area contributed by atoms with E-state index in [1.165, 1.54) is 29.2 Å². The van der Waals surface area contributed by atoms with E-state index in [-0.39, 0.29) is 36.1 Å². The summed E-state index contributed by atoms with van der Waals surface area (Å²) in [7, 11) is 3.79. The molecule has 0 N–H and O–H groups in total. The average molecular weight is 478 g/mol. The first-order chi connectivity index (χ1) is 16.3. The summed E-state index contributed by atoms with van der Waals surface area (Å²) in [5.41, 5.74) is 0.461. The van der Waals surface area contributed by atoms with Crippen molar-refractivity contribution in [3.63, 3.8) is 0 Å². The monoisotopic (exact) mass is 477 g/mol. The van der Waals surface area contributed by atoms with Crippen molar-refractivity contribution in [1.82, 2.24) is 14.7 Å². The summed E-state index contributed by atoms with van der Waals surface area (Å²) in [6.07, 6.45) is 1.19. The van der Waals surface area contributed by atoms with E-state index in [1.807, 2.05) is 19.0 Å². The molecule has 1 aliphatic heterocycles. The second-order valence-corrected chi connectivity index (χ2v) is 8.62. The van der Waals surface area contributed by atoms with Crippen molar-refractivity contribution >= 4 is 11.8 Å². The van der Waals surface area contributed by atoms with Crippen LogP contribution in [0.1, 0.15) is 28.8 Å². The molecule has 34 heavy (non-hydrogen) atoms. The van der Waals surface area contributed by atoms with Gasteiger partial charge in [-0.3, -0.25) is 9.59 Å². The minimum atomic E-state index is -3.05. The zero-order chi connectivity index (χ0) is 24.7. The molecule has 0 bridgehead atoms. The molecule has 2 amide bonds. The summed E-state index contributed by atoms with van der Waals surface area (Å²) in [5, 5.41) is 0. The second-order valence-electron chi connectivity index (χ2n) is 8.62. The Balaban J connectivity index is 1.75. The smallest absolute Gasteiger partial charge is 0.387 e. The molecule has 1 unspecified atom stereocenters. The number of carbonyl (C=O) groups excluding carboxylic acids is 2. The molecule has 2 aromatic rings. The molecule has 2 aromatic carbocycles. The zero-order valence-corrected chi connectivity index (χ0v) is 19.4. The van der Waals surface area contributed by atoms with Crippen LogP contribution in [-0.4, -0.2) is 73.4 Å². The van der Waals surface area contributed by atoms with Crippen LogP contribution in [0.4, 0.5) is 13.2 Å². The third-order valence-electron chi connectivity index (χ3n) is 5.84. The van der Waals surface area contributed by atoms with E-state index < -0.39 is 18.4 Å². The largest absolute Gasteiger partial charge is 0.434 e. The van der Waals surface area contributed by atoms with E-state index in [9.17, 15) is 22.8 Å². The molecule has 184 valence electrons. The van der Waals surface area contributed by atoms with Gasteiger partial charge in [-0.2, -0.15) is 8.78 Å². The molecule has 1 aliphatic rings. The van der Waals surface area contributed by atoms with Crippen molar-refractivity contribution in [3.8, 4) is 5.75 Å². The lowest BCUT2D eigenvalue weighted by Crippen LogP contribution is -2.47. The lowest BCUT2D eigenvalue weighted by molar-refractivity contribution is -0.137. The summed E-state index contributed by atoms with van der Waals surface area (Å²) in [5.74, 6) is -1.64.